The summed E-state index contributed by atoms with van der Waals surface area (Å²) in [6, 6.07) is -0.527. The Bertz CT molecular complexity index is 508. The molecular weight excluding hydrogens is 268 g/mol. The van der Waals surface area contributed by atoms with Crippen LogP contribution in [-0.4, -0.2) is 43.7 Å². The van der Waals surface area contributed by atoms with E-state index in [1.54, 1.807) is 0 Å². The van der Waals surface area contributed by atoms with Crippen molar-refractivity contribution in [3.05, 3.63) is 5.89 Å². The van der Waals surface area contributed by atoms with Gasteiger partial charge in [-0.1, -0.05) is 0 Å². The maximum absolute atomic E-state index is 11.1. The van der Waals surface area contributed by atoms with Crippen molar-refractivity contribution in [2.75, 3.05) is 30.0 Å². The van der Waals surface area contributed by atoms with Crippen LogP contribution in [0.25, 0.3) is 0 Å². The van der Waals surface area contributed by atoms with E-state index < -0.39 is 15.9 Å². The first-order chi connectivity index (χ1) is 8.96. The van der Waals surface area contributed by atoms with Crippen LogP contribution in [0, 0.1) is 0 Å². The van der Waals surface area contributed by atoms with Crippen LogP contribution in [0.15, 0.2) is 4.52 Å². The summed E-state index contributed by atoms with van der Waals surface area (Å²) in [4.78, 5) is 6.33. The fourth-order valence-corrected chi connectivity index (χ4v) is 2.75. The zero-order valence-electron chi connectivity index (χ0n) is 11.1. The molecule has 1 aromatic rings. The number of piperidine rings is 1. The predicted molar refractivity (Wildman–Crippen MR) is 71.6 cm³/mol. The molecule has 108 valence electrons. The standard InChI is InChI=1S/C11H20N4O3S/c1-19(16,17)8-5-9(12)10-13-11(14-18-10)15-6-3-2-4-7-15/h9H,2-8,12H2,1H3. The number of hydrogen-bond donors (Lipinski definition) is 1. The van der Waals surface area contributed by atoms with Gasteiger partial charge in [-0.05, 0) is 30.8 Å². The molecule has 0 aromatic carbocycles. The summed E-state index contributed by atoms with van der Waals surface area (Å²) in [5, 5.41) is 3.92. The first-order valence-corrected chi connectivity index (χ1v) is 8.53. The number of sulfone groups is 1. The van der Waals surface area contributed by atoms with E-state index in [1.165, 1.54) is 12.7 Å². The van der Waals surface area contributed by atoms with Gasteiger partial charge in [0.05, 0.1) is 11.8 Å². The number of aromatic nitrogens is 2. The van der Waals surface area contributed by atoms with Crippen molar-refractivity contribution < 1.29 is 12.9 Å². The first kappa shape index (κ1) is 14.3. The van der Waals surface area contributed by atoms with Crippen molar-refractivity contribution in [3.8, 4) is 0 Å². The van der Waals surface area contributed by atoms with E-state index in [4.69, 9.17) is 10.3 Å². The summed E-state index contributed by atoms with van der Waals surface area (Å²) in [5.41, 5.74) is 5.87. The Labute approximate surface area is 113 Å². The molecule has 0 spiro atoms. The van der Waals surface area contributed by atoms with Crippen LogP contribution in [0.3, 0.4) is 0 Å². The lowest BCUT2D eigenvalue weighted by atomic mass is 10.1. The molecule has 0 bridgehead atoms. The molecule has 2 heterocycles. The summed E-state index contributed by atoms with van der Waals surface area (Å²) in [6.07, 6.45) is 4.97. The molecular formula is C11H20N4O3S. The molecule has 0 amide bonds. The summed E-state index contributed by atoms with van der Waals surface area (Å²) in [6.45, 7) is 1.86. The van der Waals surface area contributed by atoms with Gasteiger partial charge >= 0.3 is 0 Å². The normalized spacial score (nSPS) is 18.5. The third-order valence-electron chi connectivity index (χ3n) is 3.19. The highest BCUT2D eigenvalue weighted by Gasteiger charge is 2.20. The predicted octanol–water partition coefficient (Wildman–Crippen LogP) is 0.494. The zero-order chi connectivity index (χ0) is 13.9. The zero-order valence-corrected chi connectivity index (χ0v) is 11.9. The van der Waals surface area contributed by atoms with Crippen LogP contribution in [0.1, 0.15) is 37.6 Å². The van der Waals surface area contributed by atoms with Gasteiger partial charge < -0.3 is 15.2 Å². The van der Waals surface area contributed by atoms with Crippen LogP contribution in [0.4, 0.5) is 5.95 Å². The van der Waals surface area contributed by atoms with Gasteiger partial charge in [-0.2, -0.15) is 4.98 Å². The fourth-order valence-electron chi connectivity index (χ4n) is 2.06. The Balaban J connectivity index is 1.95. The molecule has 1 saturated heterocycles. The lowest BCUT2D eigenvalue weighted by Gasteiger charge is -2.24. The minimum atomic E-state index is -3.02. The van der Waals surface area contributed by atoms with Crippen LogP contribution in [0.5, 0.6) is 0 Å². The van der Waals surface area contributed by atoms with Gasteiger partial charge in [0.2, 0.25) is 5.89 Å². The molecule has 0 aliphatic carbocycles. The van der Waals surface area contributed by atoms with Crippen LogP contribution >= 0.6 is 0 Å². The third-order valence-corrected chi connectivity index (χ3v) is 4.16. The molecule has 19 heavy (non-hydrogen) atoms. The van der Waals surface area contributed by atoms with Crippen molar-refractivity contribution in [3.63, 3.8) is 0 Å². The Hall–Kier alpha value is -1.15. The average Bonchev–Trinajstić information content (AvgIpc) is 2.86. The van der Waals surface area contributed by atoms with Crippen molar-refractivity contribution >= 4 is 15.8 Å². The molecule has 1 aromatic heterocycles. The highest BCUT2D eigenvalue weighted by Crippen LogP contribution is 2.19. The smallest absolute Gasteiger partial charge is 0.266 e. The highest BCUT2D eigenvalue weighted by atomic mass is 32.2. The van der Waals surface area contributed by atoms with Gasteiger partial charge in [0.15, 0.2) is 0 Å². The van der Waals surface area contributed by atoms with Gasteiger partial charge in [-0.25, -0.2) is 8.42 Å². The maximum atomic E-state index is 11.1. The molecule has 1 atom stereocenters. The van der Waals surface area contributed by atoms with E-state index in [0.717, 1.165) is 25.9 Å². The lowest BCUT2D eigenvalue weighted by molar-refractivity contribution is 0.351. The van der Waals surface area contributed by atoms with Gasteiger partial charge in [0.1, 0.15) is 9.84 Å². The number of nitrogens with zero attached hydrogens (tertiary/aromatic N) is 3. The highest BCUT2D eigenvalue weighted by molar-refractivity contribution is 7.90. The summed E-state index contributed by atoms with van der Waals surface area (Å²) >= 11 is 0. The number of anilines is 1. The molecule has 1 aliphatic heterocycles. The molecule has 1 fully saturated rings. The number of hydrogen-bond acceptors (Lipinski definition) is 7. The summed E-state index contributed by atoms with van der Waals surface area (Å²) in [5.74, 6) is 0.893. The molecule has 2 N–H and O–H groups in total. The van der Waals surface area contributed by atoms with E-state index in [-0.39, 0.29) is 5.75 Å². The largest absolute Gasteiger partial charge is 0.338 e. The molecule has 1 aliphatic rings. The molecule has 0 saturated carbocycles. The fraction of sp³-hybridized carbons (Fsp3) is 0.818. The minimum Gasteiger partial charge on any atom is -0.338 e. The SMILES string of the molecule is CS(=O)(=O)CCC(N)c1nc(N2CCCCC2)no1. The van der Waals surface area contributed by atoms with E-state index in [1.807, 2.05) is 0 Å². The molecule has 0 radical (unpaired) electrons. The second-order valence-corrected chi connectivity index (χ2v) is 7.27. The Morgan fingerprint density at radius 3 is 2.68 bits per heavy atom. The van der Waals surface area contributed by atoms with Gasteiger partial charge in [0, 0.05) is 19.3 Å². The number of nitrogens with two attached hydrogens (primary N) is 1. The van der Waals surface area contributed by atoms with Gasteiger partial charge in [0.25, 0.3) is 5.95 Å². The van der Waals surface area contributed by atoms with Gasteiger partial charge in [-0.15, -0.1) is 0 Å². The molecule has 7 nitrogen and oxygen atoms in total. The quantitative estimate of drug-likeness (QED) is 0.841. The molecule has 8 heteroatoms. The maximum Gasteiger partial charge on any atom is 0.266 e. The third kappa shape index (κ3) is 4.17. The molecule has 2 rings (SSSR count). The minimum absolute atomic E-state index is 0.0234. The van der Waals surface area contributed by atoms with Crippen molar-refractivity contribution in [2.24, 2.45) is 5.73 Å². The second-order valence-electron chi connectivity index (χ2n) is 5.01. The van der Waals surface area contributed by atoms with Crippen LogP contribution in [-0.2, 0) is 9.84 Å². The number of rotatable bonds is 5. The topological polar surface area (TPSA) is 102 Å². The monoisotopic (exact) mass is 288 g/mol. The van der Waals surface area contributed by atoms with E-state index in [2.05, 4.69) is 15.0 Å². The lowest BCUT2D eigenvalue weighted by Crippen LogP contribution is -2.30. The van der Waals surface area contributed by atoms with E-state index in [9.17, 15) is 8.42 Å². The van der Waals surface area contributed by atoms with Crippen molar-refractivity contribution in [2.45, 2.75) is 31.7 Å². The van der Waals surface area contributed by atoms with Gasteiger partial charge in [-0.3, -0.25) is 0 Å². The van der Waals surface area contributed by atoms with Crippen molar-refractivity contribution in [1.29, 1.82) is 0 Å². The molecule has 1 unspecified atom stereocenters. The Morgan fingerprint density at radius 2 is 2.05 bits per heavy atom. The Morgan fingerprint density at radius 1 is 1.37 bits per heavy atom. The van der Waals surface area contributed by atoms with E-state index in [0.29, 0.717) is 18.3 Å². The van der Waals surface area contributed by atoms with Crippen LogP contribution < -0.4 is 10.6 Å². The summed E-state index contributed by atoms with van der Waals surface area (Å²) < 4.78 is 27.3. The van der Waals surface area contributed by atoms with E-state index >= 15 is 0 Å². The van der Waals surface area contributed by atoms with Crippen LogP contribution in [0.2, 0.25) is 0 Å². The Kier molecular flexibility index (Phi) is 4.41. The van der Waals surface area contributed by atoms with Crippen molar-refractivity contribution in [1.82, 2.24) is 10.1 Å². The average molecular weight is 288 g/mol. The second kappa shape index (κ2) is 5.87. The summed E-state index contributed by atoms with van der Waals surface area (Å²) in [7, 11) is -3.02. The first-order valence-electron chi connectivity index (χ1n) is 6.47.